The first kappa shape index (κ1) is 25.7. The quantitative estimate of drug-likeness (QED) is 0.670. The van der Waals surface area contributed by atoms with Crippen molar-refractivity contribution in [2.45, 2.75) is 79.4 Å². The summed E-state index contributed by atoms with van der Waals surface area (Å²) in [5, 5.41) is 12.9. The highest BCUT2D eigenvalue weighted by Crippen LogP contribution is 2.34. The number of rotatable bonds is 5. The number of hydrogen-bond donors (Lipinski definition) is 3. The van der Waals surface area contributed by atoms with E-state index in [2.05, 4.69) is 20.3 Å². The summed E-state index contributed by atoms with van der Waals surface area (Å²) in [7, 11) is 1.48. The Morgan fingerprint density at radius 3 is 2.53 bits per heavy atom. The summed E-state index contributed by atoms with van der Waals surface area (Å²) in [6.07, 6.45) is -0.505. The van der Waals surface area contributed by atoms with E-state index < -0.39 is 30.1 Å². The first-order valence-corrected chi connectivity index (χ1v) is 10.5. The van der Waals surface area contributed by atoms with E-state index in [9.17, 15) is 14.7 Å². The Hall–Kier alpha value is -2.30. The Morgan fingerprint density at radius 2 is 2.00 bits per heavy atom. The summed E-state index contributed by atoms with van der Waals surface area (Å²) < 4.78 is 12.8. The summed E-state index contributed by atoms with van der Waals surface area (Å²) in [5.74, 6) is -0.508. The first-order chi connectivity index (χ1) is 14.4. The van der Waals surface area contributed by atoms with E-state index in [0.717, 1.165) is 0 Å². The third-order valence-electron chi connectivity index (χ3n) is 4.46. The van der Waals surface area contributed by atoms with Gasteiger partial charge in [0, 0.05) is 13.0 Å². The van der Waals surface area contributed by atoms with Gasteiger partial charge in [-0.15, -0.1) is 0 Å². The van der Waals surface area contributed by atoms with E-state index in [4.69, 9.17) is 9.47 Å². The van der Waals surface area contributed by atoms with Gasteiger partial charge in [-0.25, -0.2) is 4.98 Å². The average Bonchev–Trinajstić information content (AvgIpc) is 3.31. The number of nitrogens with zero attached hydrogens (tertiary/aromatic N) is 3. The standard InChI is InChI=1S/C16H23N5O5.2C2H6/c1-5-8-10(22)11(25-4)15(26-8)21-6-17-9-12(21)18-16(20-14(9)24)19-13(23)7(2)3;2*1-2/h6-8,10-11,15,22H,5H2,1-4H3,(H2,18,19,20,23,24);2*1-2H3. The second-order valence-electron chi connectivity index (χ2n) is 6.55. The van der Waals surface area contributed by atoms with Crippen LogP contribution < -0.4 is 10.9 Å². The minimum absolute atomic E-state index is 0.0301. The van der Waals surface area contributed by atoms with Crippen LogP contribution in [0.25, 0.3) is 11.2 Å². The Kier molecular flexibility index (Phi) is 10.1. The fourth-order valence-corrected chi connectivity index (χ4v) is 2.97. The lowest BCUT2D eigenvalue weighted by Gasteiger charge is -2.20. The van der Waals surface area contributed by atoms with Crippen LogP contribution >= 0.6 is 0 Å². The van der Waals surface area contributed by atoms with Gasteiger partial charge in [-0.2, -0.15) is 4.98 Å². The molecule has 1 aliphatic rings. The number of amides is 1. The van der Waals surface area contributed by atoms with Gasteiger partial charge in [0.1, 0.15) is 12.2 Å². The van der Waals surface area contributed by atoms with Crippen LogP contribution in [0.3, 0.4) is 0 Å². The fraction of sp³-hybridized carbons (Fsp3) is 0.700. The molecule has 0 aromatic carbocycles. The Morgan fingerprint density at radius 1 is 1.37 bits per heavy atom. The van der Waals surface area contributed by atoms with E-state index in [1.54, 1.807) is 18.4 Å². The molecule has 3 N–H and O–H groups in total. The Labute approximate surface area is 177 Å². The van der Waals surface area contributed by atoms with Gasteiger partial charge in [-0.1, -0.05) is 48.5 Å². The molecule has 1 aliphatic heterocycles. The van der Waals surface area contributed by atoms with Crippen molar-refractivity contribution in [3.63, 3.8) is 0 Å². The van der Waals surface area contributed by atoms with Crippen LogP contribution in [-0.2, 0) is 14.3 Å². The lowest BCUT2D eigenvalue weighted by Crippen LogP contribution is -2.33. The molecule has 3 heterocycles. The minimum Gasteiger partial charge on any atom is -0.388 e. The molecule has 4 atom stereocenters. The van der Waals surface area contributed by atoms with Gasteiger partial charge in [0.2, 0.25) is 11.9 Å². The smallest absolute Gasteiger partial charge is 0.280 e. The zero-order valence-corrected chi connectivity index (χ0v) is 19.1. The highest BCUT2D eigenvalue weighted by molar-refractivity contribution is 5.91. The lowest BCUT2D eigenvalue weighted by molar-refractivity contribution is -0.118. The molecule has 1 amide bonds. The number of fused-ring (bicyclic) bond motifs is 1. The predicted molar refractivity (Wildman–Crippen MR) is 115 cm³/mol. The third-order valence-corrected chi connectivity index (χ3v) is 4.46. The number of aromatic amines is 1. The second-order valence-corrected chi connectivity index (χ2v) is 6.55. The predicted octanol–water partition coefficient (Wildman–Crippen LogP) is 2.45. The van der Waals surface area contributed by atoms with Crippen LogP contribution in [0.15, 0.2) is 11.1 Å². The average molecular weight is 426 g/mol. The molecule has 4 unspecified atom stereocenters. The van der Waals surface area contributed by atoms with Crippen LogP contribution in [0, 0.1) is 5.92 Å². The molecule has 0 spiro atoms. The van der Waals surface area contributed by atoms with Crippen LogP contribution in [-0.4, -0.2) is 56.0 Å². The van der Waals surface area contributed by atoms with Gasteiger partial charge in [0.15, 0.2) is 17.4 Å². The molecular weight excluding hydrogens is 390 g/mol. The third kappa shape index (κ3) is 5.24. The number of aromatic nitrogens is 4. The number of carbonyl (C=O) groups excluding carboxylic acids is 1. The highest BCUT2D eigenvalue weighted by atomic mass is 16.6. The second kappa shape index (κ2) is 11.8. The summed E-state index contributed by atoms with van der Waals surface area (Å²) >= 11 is 0. The Balaban J connectivity index is 0.00000106. The van der Waals surface area contributed by atoms with E-state index in [1.807, 2.05) is 34.6 Å². The van der Waals surface area contributed by atoms with Crippen molar-refractivity contribution in [2.24, 2.45) is 5.92 Å². The number of aliphatic hydroxyl groups is 1. The molecule has 0 aliphatic carbocycles. The zero-order valence-electron chi connectivity index (χ0n) is 19.1. The number of ether oxygens (including phenoxy) is 2. The van der Waals surface area contributed by atoms with Gasteiger partial charge in [0.25, 0.3) is 5.56 Å². The van der Waals surface area contributed by atoms with E-state index in [0.29, 0.717) is 6.42 Å². The molecule has 30 heavy (non-hydrogen) atoms. The number of aliphatic hydroxyl groups excluding tert-OH is 1. The molecule has 0 radical (unpaired) electrons. The molecule has 1 saturated heterocycles. The number of H-pyrrole nitrogens is 1. The summed E-state index contributed by atoms with van der Waals surface area (Å²) in [5.41, 5.74) is -0.128. The number of carbonyl (C=O) groups is 1. The molecule has 1 fully saturated rings. The molecular formula is C20H35N5O5. The van der Waals surface area contributed by atoms with E-state index in [-0.39, 0.29) is 28.9 Å². The normalized spacial score (nSPS) is 22.9. The number of imidazole rings is 1. The van der Waals surface area contributed by atoms with Gasteiger partial charge < -0.3 is 14.6 Å². The van der Waals surface area contributed by atoms with Crippen LogP contribution in [0.5, 0.6) is 0 Å². The van der Waals surface area contributed by atoms with Crippen molar-refractivity contribution >= 4 is 23.0 Å². The van der Waals surface area contributed by atoms with Gasteiger partial charge in [-0.3, -0.25) is 24.5 Å². The SMILES string of the molecule is CC.CC.CCC1OC(n2cnc3c(=O)[nH]c(NC(=O)C(C)C)nc32)C(OC)C1O. The van der Waals surface area contributed by atoms with Crippen molar-refractivity contribution in [3.8, 4) is 0 Å². The van der Waals surface area contributed by atoms with Crippen molar-refractivity contribution < 1.29 is 19.4 Å². The number of nitrogens with one attached hydrogen (secondary N) is 2. The maximum absolute atomic E-state index is 12.3. The molecule has 10 nitrogen and oxygen atoms in total. The first-order valence-electron chi connectivity index (χ1n) is 10.5. The topological polar surface area (TPSA) is 131 Å². The van der Waals surface area contributed by atoms with Crippen molar-refractivity contribution in [3.05, 3.63) is 16.7 Å². The summed E-state index contributed by atoms with van der Waals surface area (Å²) in [4.78, 5) is 35.1. The molecule has 3 rings (SSSR count). The van der Waals surface area contributed by atoms with E-state index in [1.165, 1.54) is 13.4 Å². The molecule has 170 valence electrons. The van der Waals surface area contributed by atoms with Crippen molar-refractivity contribution in [1.29, 1.82) is 0 Å². The summed E-state index contributed by atoms with van der Waals surface area (Å²) in [6.45, 7) is 13.4. The monoisotopic (exact) mass is 425 g/mol. The number of anilines is 1. The largest absolute Gasteiger partial charge is 0.388 e. The lowest BCUT2D eigenvalue weighted by atomic mass is 10.1. The van der Waals surface area contributed by atoms with Gasteiger partial charge in [0.05, 0.1) is 12.4 Å². The maximum atomic E-state index is 12.3. The maximum Gasteiger partial charge on any atom is 0.280 e. The van der Waals surface area contributed by atoms with E-state index >= 15 is 0 Å². The summed E-state index contributed by atoms with van der Waals surface area (Å²) in [6, 6.07) is 0. The Bertz CT molecular complexity index is 863. The van der Waals surface area contributed by atoms with Crippen molar-refractivity contribution in [2.75, 3.05) is 12.4 Å². The van der Waals surface area contributed by atoms with Crippen molar-refractivity contribution in [1.82, 2.24) is 19.5 Å². The molecule has 0 bridgehead atoms. The van der Waals surface area contributed by atoms with Gasteiger partial charge >= 0.3 is 0 Å². The van der Waals surface area contributed by atoms with Crippen LogP contribution in [0.2, 0.25) is 0 Å². The molecule has 10 heteroatoms. The fourth-order valence-electron chi connectivity index (χ4n) is 2.97. The number of hydrogen-bond acceptors (Lipinski definition) is 7. The number of methoxy groups -OCH3 is 1. The van der Waals surface area contributed by atoms with Crippen LogP contribution in [0.1, 0.15) is 61.1 Å². The molecule has 0 saturated carbocycles. The van der Waals surface area contributed by atoms with Gasteiger partial charge in [-0.05, 0) is 6.42 Å². The van der Waals surface area contributed by atoms with Crippen LogP contribution in [0.4, 0.5) is 5.95 Å². The zero-order chi connectivity index (χ0) is 23.0. The molecule has 2 aromatic rings. The highest BCUT2D eigenvalue weighted by Gasteiger charge is 2.44. The minimum atomic E-state index is -0.811. The molecule has 2 aromatic heterocycles.